The smallest absolute Gasteiger partial charge is 0.331 e. The number of hydrogen-bond donors (Lipinski definition) is 2. The average molecular weight is 401 g/mol. The molecule has 1 unspecified atom stereocenters. The third-order valence-corrected chi connectivity index (χ3v) is 7.01. The van der Waals surface area contributed by atoms with Crippen LogP contribution in [0.3, 0.4) is 0 Å². The number of hydrogen-bond acceptors (Lipinski definition) is 3. The van der Waals surface area contributed by atoms with Gasteiger partial charge in [-0.05, 0) is 56.2 Å². The van der Waals surface area contributed by atoms with Gasteiger partial charge in [0.2, 0.25) is 0 Å². The van der Waals surface area contributed by atoms with Crippen LogP contribution >= 0.6 is 0 Å². The normalized spacial score (nSPS) is 22.9. The number of ether oxygens (including phenoxy) is 1. The molecule has 2 atom stereocenters. The number of carboxylic acids is 1. The quantitative estimate of drug-likeness (QED) is 0.526. The summed E-state index contributed by atoms with van der Waals surface area (Å²) in [7, 11) is 0. The SMILES string of the molecule is CCCCCCC(C)(C)c1cc(O)c2c(c1)OC(C)(C)C1CC=C(C(=O)O)C[C@H]21. The van der Waals surface area contributed by atoms with E-state index in [0.29, 0.717) is 18.4 Å². The molecule has 29 heavy (non-hydrogen) atoms. The fourth-order valence-corrected chi connectivity index (χ4v) is 5.10. The minimum Gasteiger partial charge on any atom is -0.508 e. The number of allylic oxidation sites excluding steroid dienone is 1. The van der Waals surface area contributed by atoms with Gasteiger partial charge in [-0.25, -0.2) is 4.79 Å². The van der Waals surface area contributed by atoms with E-state index in [0.717, 1.165) is 23.3 Å². The van der Waals surface area contributed by atoms with Crippen molar-refractivity contribution in [2.24, 2.45) is 5.92 Å². The summed E-state index contributed by atoms with van der Waals surface area (Å²) in [5, 5.41) is 20.5. The topological polar surface area (TPSA) is 66.8 Å². The number of phenolic OH excluding ortho intramolecular Hbond substituents is 1. The highest BCUT2D eigenvalue weighted by atomic mass is 16.5. The maximum Gasteiger partial charge on any atom is 0.331 e. The summed E-state index contributed by atoms with van der Waals surface area (Å²) in [6.07, 6.45) is 8.85. The van der Waals surface area contributed by atoms with Gasteiger partial charge in [-0.3, -0.25) is 0 Å². The summed E-state index contributed by atoms with van der Waals surface area (Å²) >= 11 is 0. The lowest BCUT2D eigenvalue weighted by Gasteiger charge is -2.47. The third-order valence-electron chi connectivity index (χ3n) is 7.01. The molecular weight excluding hydrogens is 364 g/mol. The number of benzene rings is 1. The Hall–Kier alpha value is -1.97. The molecule has 1 heterocycles. The largest absolute Gasteiger partial charge is 0.508 e. The van der Waals surface area contributed by atoms with Crippen molar-refractivity contribution in [2.45, 2.75) is 96.5 Å². The summed E-state index contributed by atoms with van der Waals surface area (Å²) in [6, 6.07) is 3.97. The Morgan fingerprint density at radius 3 is 2.62 bits per heavy atom. The van der Waals surface area contributed by atoms with Crippen LogP contribution in [0, 0.1) is 5.92 Å². The number of fused-ring (bicyclic) bond motifs is 3. The highest BCUT2D eigenvalue weighted by Gasteiger charge is 2.47. The van der Waals surface area contributed by atoms with Gasteiger partial charge < -0.3 is 14.9 Å². The Labute approximate surface area is 175 Å². The second kappa shape index (κ2) is 8.04. The van der Waals surface area contributed by atoms with Crippen molar-refractivity contribution < 1.29 is 19.7 Å². The minimum atomic E-state index is -0.862. The van der Waals surface area contributed by atoms with E-state index >= 15 is 0 Å². The number of carbonyl (C=O) groups is 1. The first kappa shape index (κ1) is 21.7. The van der Waals surface area contributed by atoms with Crippen LogP contribution in [0.5, 0.6) is 11.5 Å². The van der Waals surface area contributed by atoms with Gasteiger partial charge >= 0.3 is 5.97 Å². The molecule has 0 amide bonds. The lowest BCUT2D eigenvalue weighted by atomic mass is 9.66. The number of carboxylic acid groups (broad SMARTS) is 1. The Kier molecular flexibility index (Phi) is 6.03. The van der Waals surface area contributed by atoms with Crippen molar-refractivity contribution in [1.29, 1.82) is 0 Å². The second-order valence-electron chi connectivity index (χ2n) is 9.99. The molecule has 4 nitrogen and oxygen atoms in total. The average Bonchev–Trinajstić information content (AvgIpc) is 2.64. The van der Waals surface area contributed by atoms with E-state index in [1.165, 1.54) is 25.7 Å². The maximum absolute atomic E-state index is 11.6. The van der Waals surface area contributed by atoms with Crippen LogP contribution in [-0.2, 0) is 10.2 Å². The van der Waals surface area contributed by atoms with Gasteiger partial charge in [0, 0.05) is 23.0 Å². The molecule has 0 radical (unpaired) electrons. The lowest BCUT2D eigenvalue weighted by Crippen LogP contribution is -2.46. The number of rotatable bonds is 7. The zero-order valence-corrected chi connectivity index (χ0v) is 18.5. The summed E-state index contributed by atoms with van der Waals surface area (Å²) in [6.45, 7) is 10.8. The first-order chi connectivity index (χ1) is 13.6. The van der Waals surface area contributed by atoms with Crippen molar-refractivity contribution in [3.63, 3.8) is 0 Å². The first-order valence-corrected chi connectivity index (χ1v) is 11.1. The zero-order valence-electron chi connectivity index (χ0n) is 18.5. The van der Waals surface area contributed by atoms with E-state index in [4.69, 9.17) is 4.74 Å². The van der Waals surface area contributed by atoms with Crippen LogP contribution in [0.25, 0.3) is 0 Å². The maximum atomic E-state index is 11.6. The van der Waals surface area contributed by atoms with Crippen LogP contribution in [0.15, 0.2) is 23.8 Å². The molecule has 1 aromatic carbocycles. The molecular formula is C25H36O4. The Morgan fingerprint density at radius 1 is 1.24 bits per heavy atom. The number of aliphatic carboxylic acids is 1. The first-order valence-electron chi connectivity index (χ1n) is 11.1. The number of phenols is 1. The van der Waals surface area contributed by atoms with E-state index in [-0.39, 0.29) is 23.0 Å². The fraction of sp³-hybridized carbons (Fsp3) is 0.640. The van der Waals surface area contributed by atoms with E-state index in [1.807, 2.05) is 12.1 Å². The number of aromatic hydroxyl groups is 1. The van der Waals surface area contributed by atoms with E-state index in [1.54, 1.807) is 0 Å². The molecule has 0 aromatic heterocycles. The monoisotopic (exact) mass is 400 g/mol. The third kappa shape index (κ3) is 4.31. The molecule has 0 fully saturated rings. The summed E-state index contributed by atoms with van der Waals surface area (Å²) in [5.74, 6) is 0.220. The van der Waals surface area contributed by atoms with Crippen molar-refractivity contribution in [3.8, 4) is 11.5 Å². The second-order valence-corrected chi connectivity index (χ2v) is 9.99. The molecule has 0 bridgehead atoms. The van der Waals surface area contributed by atoms with Crippen LogP contribution in [0.4, 0.5) is 0 Å². The van der Waals surface area contributed by atoms with Crippen LogP contribution in [-0.4, -0.2) is 21.8 Å². The van der Waals surface area contributed by atoms with Gasteiger partial charge in [0.25, 0.3) is 0 Å². The van der Waals surface area contributed by atoms with Crippen molar-refractivity contribution in [1.82, 2.24) is 0 Å². The molecule has 0 saturated heterocycles. The molecule has 1 aliphatic carbocycles. The predicted octanol–water partition coefficient (Wildman–Crippen LogP) is 6.32. The van der Waals surface area contributed by atoms with Gasteiger partial charge in [-0.2, -0.15) is 0 Å². The summed E-state index contributed by atoms with van der Waals surface area (Å²) in [4.78, 5) is 11.6. The standard InChI is InChI=1S/C25H36O4/c1-6-7-8-9-12-24(2,3)17-14-20(26)22-18-13-16(23(27)28)10-11-19(18)25(4,5)29-21(22)15-17/h10,14-15,18-19,26H,6-9,11-13H2,1-5H3,(H,27,28)/t18-,19?/m0/s1. The number of unbranched alkanes of at least 4 members (excludes halogenated alkanes) is 3. The molecule has 0 spiro atoms. The fourth-order valence-electron chi connectivity index (χ4n) is 5.10. The molecule has 160 valence electrons. The predicted molar refractivity (Wildman–Crippen MR) is 116 cm³/mol. The molecule has 2 aliphatic rings. The van der Waals surface area contributed by atoms with Crippen molar-refractivity contribution in [2.75, 3.05) is 0 Å². The molecule has 1 aliphatic heterocycles. The highest BCUT2D eigenvalue weighted by Crippen LogP contribution is 2.55. The lowest BCUT2D eigenvalue weighted by molar-refractivity contribution is -0.133. The van der Waals surface area contributed by atoms with E-state index in [9.17, 15) is 15.0 Å². The molecule has 2 N–H and O–H groups in total. The van der Waals surface area contributed by atoms with Gasteiger partial charge in [-0.1, -0.05) is 52.5 Å². The summed E-state index contributed by atoms with van der Waals surface area (Å²) < 4.78 is 6.41. The van der Waals surface area contributed by atoms with Crippen LogP contribution in [0.2, 0.25) is 0 Å². The molecule has 0 saturated carbocycles. The van der Waals surface area contributed by atoms with Gasteiger partial charge in [-0.15, -0.1) is 0 Å². The van der Waals surface area contributed by atoms with E-state index < -0.39 is 11.6 Å². The molecule has 1 aromatic rings. The Morgan fingerprint density at radius 2 is 1.97 bits per heavy atom. The van der Waals surface area contributed by atoms with E-state index in [2.05, 4.69) is 40.7 Å². The Bertz CT molecular complexity index is 803. The van der Waals surface area contributed by atoms with Gasteiger partial charge in [0.05, 0.1) is 0 Å². The van der Waals surface area contributed by atoms with Crippen molar-refractivity contribution in [3.05, 3.63) is 34.9 Å². The summed E-state index contributed by atoms with van der Waals surface area (Å²) in [5.41, 5.74) is 1.85. The highest BCUT2D eigenvalue weighted by molar-refractivity contribution is 5.87. The van der Waals surface area contributed by atoms with Crippen LogP contribution in [0.1, 0.15) is 96.6 Å². The minimum absolute atomic E-state index is 0.0356. The molecule has 3 rings (SSSR count). The van der Waals surface area contributed by atoms with Gasteiger partial charge in [0.1, 0.15) is 17.1 Å². The Balaban J connectivity index is 1.95. The van der Waals surface area contributed by atoms with Crippen molar-refractivity contribution >= 4 is 5.97 Å². The zero-order chi connectivity index (χ0) is 21.4. The molecule has 4 heteroatoms. The van der Waals surface area contributed by atoms with Gasteiger partial charge in [0.15, 0.2) is 0 Å². The van der Waals surface area contributed by atoms with Crippen LogP contribution < -0.4 is 4.74 Å².